The molecule has 3 aliphatic heterocycles. The van der Waals surface area contributed by atoms with Crippen LogP contribution >= 0.6 is 0 Å². The number of hydrogen-bond donors (Lipinski definition) is 11. The van der Waals surface area contributed by atoms with Crippen molar-refractivity contribution in [1.29, 1.82) is 0 Å². The summed E-state index contributed by atoms with van der Waals surface area (Å²) < 4.78 is 32.6. The van der Waals surface area contributed by atoms with Crippen molar-refractivity contribution in [2.75, 3.05) is 26.4 Å². The molecule has 290 valence electrons. The van der Waals surface area contributed by atoms with E-state index in [0.29, 0.717) is 0 Å². The molecule has 0 aromatic carbocycles. The molecule has 11 N–H and O–H groups in total. The zero-order valence-electron chi connectivity index (χ0n) is 27.7. The van der Waals surface area contributed by atoms with Gasteiger partial charge in [0.05, 0.1) is 44.7 Å². The van der Waals surface area contributed by atoms with Gasteiger partial charge in [-0.3, -0.25) is 9.59 Å². The number of esters is 1. The molecule has 3 aliphatic rings. The lowest BCUT2D eigenvalue weighted by Gasteiger charge is -2.51. The second-order valence-electron chi connectivity index (χ2n) is 12.8. The number of Topliss-reactive ketones (excluding diaryl/α,β-unsaturated/α-hetero) is 1. The van der Waals surface area contributed by atoms with Crippen molar-refractivity contribution in [3.8, 4) is 0 Å². The Morgan fingerprint density at radius 3 is 2.18 bits per heavy atom. The average molecular weight is 731 g/mol. The molecule has 0 aromatic heterocycles. The molecule has 50 heavy (non-hydrogen) atoms. The van der Waals surface area contributed by atoms with Gasteiger partial charge >= 0.3 is 11.9 Å². The van der Waals surface area contributed by atoms with E-state index >= 15 is 0 Å². The number of carbonyl (C=O) groups excluding carboxylic acids is 2. The number of ketones is 1. The standard InChI is InChI=1S/C30H50O20/c1-3-45-21(38)6-4-5-14(34)7-18-23(40)24(41)26(19(11-32)46-18)48-27-16(36)8-29(44,20(12-33)47-27)50-30(28(42)43)9-15(35)13(2)25(49-30)22(39)17(37)10-31/h13,15-20,22-27,31-33,35-37,39-41,44H,3-12H2,1-2H3,(H,42,43)/t13-,15-,16?,17-,18+,19?,20?,22-,23?,24-,25?,26-,27+,29+,30+/m1/s1. The van der Waals surface area contributed by atoms with Gasteiger partial charge in [-0.1, -0.05) is 6.92 Å². The van der Waals surface area contributed by atoms with Crippen molar-refractivity contribution in [1.82, 2.24) is 0 Å². The average Bonchev–Trinajstić information content (AvgIpc) is 3.06. The number of rotatable bonds is 17. The highest BCUT2D eigenvalue weighted by molar-refractivity contribution is 5.79. The number of aliphatic hydroxyl groups is 10. The predicted molar refractivity (Wildman–Crippen MR) is 159 cm³/mol. The minimum absolute atomic E-state index is 0.00590. The second kappa shape index (κ2) is 18.2. The highest BCUT2D eigenvalue weighted by Gasteiger charge is 2.61. The third-order valence-electron chi connectivity index (χ3n) is 9.12. The normalized spacial score (nSPS) is 40.5. The van der Waals surface area contributed by atoms with Crippen molar-refractivity contribution < 1.29 is 99.0 Å². The Balaban J connectivity index is 1.72. The molecule has 3 heterocycles. The summed E-state index contributed by atoms with van der Waals surface area (Å²) in [6.45, 7) is 0.341. The Morgan fingerprint density at radius 2 is 1.60 bits per heavy atom. The molecule has 0 aromatic rings. The predicted octanol–water partition coefficient (Wildman–Crippen LogP) is -5.00. The van der Waals surface area contributed by atoms with Gasteiger partial charge in [0.15, 0.2) is 6.29 Å². The summed E-state index contributed by atoms with van der Waals surface area (Å²) in [7, 11) is 0. The Morgan fingerprint density at radius 1 is 0.920 bits per heavy atom. The molecule has 3 saturated heterocycles. The quantitative estimate of drug-likeness (QED) is 0.0493. The van der Waals surface area contributed by atoms with Crippen molar-refractivity contribution in [2.24, 2.45) is 5.92 Å². The molecule has 0 saturated carbocycles. The van der Waals surface area contributed by atoms with Crippen LogP contribution in [0.25, 0.3) is 0 Å². The van der Waals surface area contributed by atoms with Gasteiger partial charge in [0.1, 0.15) is 54.6 Å². The lowest BCUT2D eigenvalue weighted by molar-refractivity contribution is -0.433. The first-order valence-corrected chi connectivity index (χ1v) is 16.4. The van der Waals surface area contributed by atoms with Crippen LogP contribution in [-0.4, -0.2) is 185 Å². The van der Waals surface area contributed by atoms with Crippen LogP contribution in [-0.2, 0) is 42.8 Å². The molecule has 0 bridgehead atoms. The first-order valence-electron chi connectivity index (χ1n) is 16.4. The van der Waals surface area contributed by atoms with Gasteiger partial charge in [0, 0.05) is 38.0 Å². The van der Waals surface area contributed by atoms with Gasteiger partial charge in [-0.25, -0.2) is 4.79 Å². The lowest BCUT2D eigenvalue weighted by Crippen LogP contribution is -2.68. The van der Waals surface area contributed by atoms with Crippen LogP contribution in [0, 0.1) is 5.92 Å². The SMILES string of the molecule is CCOC(=O)CCCC(=O)C[C@@H]1OC(CO)[C@@H](O[C@@H]2OC(CO)[C@@](O)(O[C@]3(C(=O)O)C[C@@H](O)[C@@H](C)C([C@H](O)[C@H](O)CO)O3)CC2O)[C@H](O)C1O. The van der Waals surface area contributed by atoms with E-state index in [1.807, 2.05) is 0 Å². The minimum atomic E-state index is -2.95. The van der Waals surface area contributed by atoms with Crippen molar-refractivity contribution in [3.63, 3.8) is 0 Å². The summed E-state index contributed by atoms with van der Waals surface area (Å²) >= 11 is 0. The van der Waals surface area contributed by atoms with Gasteiger partial charge in [0.2, 0.25) is 5.79 Å². The number of aliphatic hydroxyl groups excluding tert-OH is 9. The molecule has 0 aliphatic carbocycles. The summed E-state index contributed by atoms with van der Waals surface area (Å²) in [6, 6.07) is 0. The fourth-order valence-corrected chi connectivity index (χ4v) is 6.24. The summed E-state index contributed by atoms with van der Waals surface area (Å²) in [6.07, 6.45) is -22.5. The number of hydrogen-bond acceptors (Lipinski definition) is 19. The number of carbonyl (C=O) groups is 3. The van der Waals surface area contributed by atoms with Crippen LogP contribution in [0.5, 0.6) is 0 Å². The molecule has 20 nitrogen and oxygen atoms in total. The molecule has 15 atom stereocenters. The topological polar surface area (TPSA) is 329 Å². The number of carboxylic acids is 1. The van der Waals surface area contributed by atoms with Crippen LogP contribution in [0.1, 0.15) is 52.4 Å². The van der Waals surface area contributed by atoms with Gasteiger partial charge < -0.3 is 84.6 Å². The highest BCUT2D eigenvalue weighted by Crippen LogP contribution is 2.42. The Kier molecular flexibility index (Phi) is 15.4. The third-order valence-corrected chi connectivity index (χ3v) is 9.12. The van der Waals surface area contributed by atoms with E-state index in [1.54, 1.807) is 6.92 Å². The smallest absolute Gasteiger partial charge is 0.364 e. The van der Waals surface area contributed by atoms with Crippen LogP contribution in [0.15, 0.2) is 0 Å². The van der Waals surface area contributed by atoms with E-state index in [1.165, 1.54) is 6.92 Å². The van der Waals surface area contributed by atoms with Crippen molar-refractivity contribution in [2.45, 2.75) is 137 Å². The van der Waals surface area contributed by atoms with Crippen molar-refractivity contribution in [3.05, 3.63) is 0 Å². The number of aliphatic carboxylic acids is 1. The first-order chi connectivity index (χ1) is 23.5. The molecule has 3 rings (SSSR count). The highest BCUT2D eigenvalue weighted by atomic mass is 16.8. The maximum Gasteiger partial charge on any atom is 0.364 e. The van der Waals surface area contributed by atoms with E-state index < -0.39 is 141 Å². The molecule has 3 fully saturated rings. The fraction of sp³-hybridized carbons (Fsp3) is 0.900. The lowest BCUT2D eigenvalue weighted by atomic mass is 9.84. The summed E-state index contributed by atoms with van der Waals surface area (Å²) in [5.41, 5.74) is 0. The van der Waals surface area contributed by atoms with Crippen molar-refractivity contribution >= 4 is 17.7 Å². The largest absolute Gasteiger partial charge is 0.477 e. The van der Waals surface area contributed by atoms with Crippen LogP contribution < -0.4 is 0 Å². The van der Waals surface area contributed by atoms with Crippen LogP contribution in [0.2, 0.25) is 0 Å². The van der Waals surface area contributed by atoms with Crippen LogP contribution in [0.4, 0.5) is 0 Å². The molecular formula is C30H50O20. The zero-order chi connectivity index (χ0) is 37.6. The maximum atomic E-state index is 12.5. The summed E-state index contributed by atoms with van der Waals surface area (Å²) in [5, 5.41) is 115. The van der Waals surface area contributed by atoms with Gasteiger partial charge in [-0.2, -0.15) is 0 Å². The molecule has 0 amide bonds. The third kappa shape index (κ3) is 9.70. The van der Waals surface area contributed by atoms with Crippen LogP contribution in [0.3, 0.4) is 0 Å². The van der Waals surface area contributed by atoms with E-state index in [4.69, 9.17) is 28.4 Å². The van der Waals surface area contributed by atoms with E-state index in [9.17, 15) is 70.6 Å². The minimum Gasteiger partial charge on any atom is -0.477 e. The number of ether oxygens (including phenoxy) is 6. The van der Waals surface area contributed by atoms with E-state index in [-0.39, 0.29) is 32.3 Å². The Hall–Kier alpha value is -1.99. The zero-order valence-corrected chi connectivity index (χ0v) is 27.7. The molecule has 5 unspecified atom stereocenters. The fourth-order valence-electron chi connectivity index (χ4n) is 6.24. The van der Waals surface area contributed by atoms with E-state index in [0.717, 1.165) is 0 Å². The molecule has 20 heteroatoms. The first kappa shape index (κ1) is 42.4. The van der Waals surface area contributed by atoms with Gasteiger partial charge in [-0.15, -0.1) is 0 Å². The molecular weight excluding hydrogens is 680 g/mol. The second-order valence-corrected chi connectivity index (χ2v) is 12.8. The number of carboxylic acid groups (broad SMARTS) is 1. The monoisotopic (exact) mass is 730 g/mol. The maximum absolute atomic E-state index is 12.5. The molecule has 0 radical (unpaired) electrons. The van der Waals surface area contributed by atoms with Gasteiger partial charge in [-0.05, 0) is 13.3 Å². The summed E-state index contributed by atoms with van der Waals surface area (Å²) in [5.74, 6) is -9.64. The van der Waals surface area contributed by atoms with Gasteiger partial charge in [0.25, 0.3) is 5.79 Å². The Labute approximate surface area is 286 Å². The van der Waals surface area contributed by atoms with E-state index in [2.05, 4.69) is 0 Å². The Bertz CT molecular complexity index is 1120. The molecule has 0 spiro atoms. The summed E-state index contributed by atoms with van der Waals surface area (Å²) in [4.78, 5) is 36.5.